The minimum atomic E-state index is 0.0212. The maximum absolute atomic E-state index is 6.24. The van der Waals surface area contributed by atoms with Crippen LogP contribution in [0.2, 0.25) is 5.02 Å². The Kier molecular flexibility index (Phi) is 1.71. The van der Waals surface area contributed by atoms with Crippen LogP contribution in [0, 0.1) is 0 Å². The molecule has 1 nitrogen and oxygen atoms in total. The van der Waals surface area contributed by atoms with Crippen molar-refractivity contribution < 1.29 is 4.74 Å². The second kappa shape index (κ2) is 2.74. The Morgan fingerprint density at radius 3 is 3.21 bits per heavy atom. The van der Waals surface area contributed by atoms with E-state index < -0.39 is 0 Å². The molecule has 0 aromatic heterocycles. The van der Waals surface area contributed by atoms with Gasteiger partial charge in [-0.1, -0.05) is 23.7 Å². The van der Waals surface area contributed by atoms with Gasteiger partial charge in [0.1, 0.15) is 0 Å². The molecule has 1 aromatic rings. The summed E-state index contributed by atoms with van der Waals surface area (Å²) in [7, 11) is 0. The van der Waals surface area contributed by atoms with Crippen LogP contribution in [-0.2, 0) is 11.2 Å². The molecule has 1 saturated heterocycles. The monoisotopic (exact) mass is 208 g/mol. The van der Waals surface area contributed by atoms with Gasteiger partial charge in [-0.05, 0) is 30.5 Å². The molecule has 0 N–H and O–H groups in total. The van der Waals surface area contributed by atoms with Gasteiger partial charge in [0.25, 0.3) is 0 Å². The van der Waals surface area contributed by atoms with Crippen LogP contribution in [-0.4, -0.2) is 12.2 Å². The topological polar surface area (TPSA) is 9.23 Å². The molecule has 2 atom stereocenters. The number of hydrogen-bond donors (Lipinski definition) is 0. The molecule has 1 aliphatic carbocycles. The Balaban J connectivity index is 2.17. The maximum atomic E-state index is 6.24. The molecule has 0 amide bonds. The lowest BCUT2D eigenvalue weighted by atomic mass is 9.90. The second-order valence-electron chi connectivity index (χ2n) is 4.49. The van der Waals surface area contributed by atoms with Gasteiger partial charge in [-0.2, -0.15) is 0 Å². The highest BCUT2D eigenvalue weighted by atomic mass is 35.5. The maximum Gasteiger partial charge on any atom is 0.0764 e. The van der Waals surface area contributed by atoms with E-state index in [4.69, 9.17) is 16.3 Å². The van der Waals surface area contributed by atoms with Gasteiger partial charge >= 0.3 is 0 Å². The lowest BCUT2D eigenvalue weighted by Gasteiger charge is -2.22. The van der Waals surface area contributed by atoms with Crippen LogP contribution in [0.4, 0.5) is 0 Å². The zero-order chi connectivity index (χ0) is 9.76. The minimum absolute atomic E-state index is 0.0212. The molecule has 3 rings (SSSR count). The average Bonchev–Trinajstić information content (AvgIpc) is 2.58. The zero-order valence-corrected chi connectivity index (χ0v) is 8.97. The molecule has 2 aliphatic rings. The number of ether oxygens (including phenoxy) is 1. The Morgan fingerprint density at radius 2 is 2.36 bits per heavy atom. The van der Waals surface area contributed by atoms with Gasteiger partial charge in [-0.3, -0.25) is 0 Å². The van der Waals surface area contributed by atoms with E-state index in [9.17, 15) is 0 Å². The van der Waals surface area contributed by atoms with E-state index in [1.165, 1.54) is 11.1 Å². The van der Waals surface area contributed by atoms with Crippen LogP contribution in [0.15, 0.2) is 18.2 Å². The molecule has 0 radical (unpaired) electrons. The van der Waals surface area contributed by atoms with E-state index in [0.29, 0.717) is 5.92 Å². The summed E-state index contributed by atoms with van der Waals surface area (Å²) in [6.07, 6.45) is 2.14. The van der Waals surface area contributed by atoms with Crippen LogP contribution in [0.3, 0.4) is 0 Å². The summed E-state index contributed by atoms with van der Waals surface area (Å²) >= 11 is 6.24. The van der Waals surface area contributed by atoms with E-state index in [1.807, 2.05) is 12.1 Å². The normalized spacial score (nSPS) is 34.3. The molecule has 1 heterocycles. The van der Waals surface area contributed by atoms with Gasteiger partial charge in [-0.25, -0.2) is 0 Å². The fourth-order valence-corrected chi connectivity index (χ4v) is 3.27. The lowest BCUT2D eigenvalue weighted by molar-refractivity contribution is 0.0188. The molecular formula is C12H13ClO. The van der Waals surface area contributed by atoms with Gasteiger partial charge in [0, 0.05) is 24.0 Å². The summed E-state index contributed by atoms with van der Waals surface area (Å²) in [6, 6.07) is 6.20. The molecule has 0 unspecified atom stereocenters. The van der Waals surface area contributed by atoms with Crippen molar-refractivity contribution in [2.75, 3.05) is 6.61 Å². The minimum Gasteiger partial charge on any atom is -0.374 e. The molecule has 2 heteroatoms. The summed E-state index contributed by atoms with van der Waals surface area (Å²) in [4.78, 5) is 0. The van der Waals surface area contributed by atoms with Crippen molar-refractivity contribution >= 4 is 11.6 Å². The molecule has 0 bridgehead atoms. The molecule has 1 fully saturated rings. The molecule has 0 saturated carbocycles. The van der Waals surface area contributed by atoms with Crippen molar-refractivity contribution in [2.24, 2.45) is 0 Å². The summed E-state index contributed by atoms with van der Waals surface area (Å²) in [5, 5.41) is 0.918. The smallest absolute Gasteiger partial charge is 0.0764 e. The lowest BCUT2D eigenvalue weighted by Crippen LogP contribution is -2.26. The average molecular weight is 209 g/mol. The van der Waals surface area contributed by atoms with Crippen LogP contribution < -0.4 is 0 Å². The van der Waals surface area contributed by atoms with E-state index in [2.05, 4.69) is 13.0 Å². The molecular weight excluding hydrogens is 196 g/mol. The molecule has 1 aliphatic heterocycles. The largest absolute Gasteiger partial charge is 0.374 e. The predicted octanol–water partition coefficient (Wildman–Crippen LogP) is 3.16. The van der Waals surface area contributed by atoms with Crippen molar-refractivity contribution in [2.45, 2.75) is 31.3 Å². The highest BCUT2D eigenvalue weighted by Gasteiger charge is 2.47. The first kappa shape index (κ1) is 8.75. The van der Waals surface area contributed by atoms with Crippen molar-refractivity contribution in [1.29, 1.82) is 0 Å². The Bertz CT molecular complexity index is 388. The van der Waals surface area contributed by atoms with Gasteiger partial charge in [0.15, 0.2) is 0 Å². The number of rotatable bonds is 0. The van der Waals surface area contributed by atoms with Crippen LogP contribution in [0.5, 0.6) is 0 Å². The fraction of sp³-hybridized carbons (Fsp3) is 0.500. The Labute approximate surface area is 89.0 Å². The van der Waals surface area contributed by atoms with Crippen molar-refractivity contribution in [1.82, 2.24) is 0 Å². The number of benzene rings is 1. The zero-order valence-electron chi connectivity index (χ0n) is 8.22. The number of halogens is 1. The third kappa shape index (κ3) is 0.999. The first-order valence-electron chi connectivity index (χ1n) is 5.12. The highest BCUT2D eigenvalue weighted by molar-refractivity contribution is 6.31. The molecule has 1 aromatic carbocycles. The molecule has 74 valence electrons. The van der Waals surface area contributed by atoms with Gasteiger partial charge in [0.2, 0.25) is 0 Å². The van der Waals surface area contributed by atoms with E-state index in [1.54, 1.807) is 0 Å². The van der Waals surface area contributed by atoms with Gasteiger partial charge < -0.3 is 4.74 Å². The van der Waals surface area contributed by atoms with E-state index in [0.717, 1.165) is 24.5 Å². The summed E-state index contributed by atoms with van der Waals surface area (Å²) in [5.74, 6) is 0.520. The first-order chi connectivity index (χ1) is 6.71. The quantitative estimate of drug-likeness (QED) is 0.637. The second-order valence-corrected chi connectivity index (χ2v) is 4.90. The number of fused-ring (bicyclic) bond motifs is 3. The first-order valence-corrected chi connectivity index (χ1v) is 5.50. The van der Waals surface area contributed by atoms with E-state index in [-0.39, 0.29) is 5.60 Å². The number of hydrogen-bond acceptors (Lipinski definition) is 1. The SMILES string of the molecule is C[C@]12Cc3cccc(Cl)c3[C@H]1CCO2. The van der Waals surface area contributed by atoms with Gasteiger partial charge in [0.05, 0.1) is 5.60 Å². The third-order valence-electron chi connectivity index (χ3n) is 3.61. The highest BCUT2D eigenvalue weighted by Crippen LogP contribution is 2.51. The Morgan fingerprint density at radius 1 is 1.50 bits per heavy atom. The van der Waals surface area contributed by atoms with Crippen LogP contribution >= 0.6 is 11.6 Å². The summed E-state index contributed by atoms with van der Waals surface area (Å²) < 4.78 is 5.84. The van der Waals surface area contributed by atoms with Crippen LogP contribution in [0.25, 0.3) is 0 Å². The third-order valence-corrected chi connectivity index (χ3v) is 3.94. The van der Waals surface area contributed by atoms with Crippen molar-refractivity contribution in [3.8, 4) is 0 Å². The van der Waals surface area contributed by atoms with Gasteiger partial charge in [-0.15, -0.1) is 0 Å². The van der Waals surface area contributed by atoms with Crippen LogP contribution in [0.1, 0.15) is 30.4 Å². The standard InChI is InChI=1S/C12H13ClO/c1-12-7-8-3-2-4-10(13)11(8)9(12)5-6-14-12/h2-4,9H,5-7H2,1H3/t9-,12+/m1/s1. The predicted molar refractivity (Wildman–Crippen MR) is 56.9 cm³/mol. The summed E-state index contributed by atoms with van der Waals surface area (Å²) in [6.45, 7) is 3.09. The van der Waals surface area contributed by atoms with Crippen molar-refractivity contribution in [3.05, 3.63) is 34.3 Å². The molecule has 14 heavy (non-hydrogen) atoms. The Hall–Kier alpha value is -0.530. The van der Waals surface area contributed by atoms with Crippen molar-refractivity contribution in [3.63, 3.8) is 0 Å². The molecule has 0 spiro atoms. The summed E-state index contributed by atoms with van der Waals surface area (Å²) in [5.41, 5.74) is 2.74. The van der Waals surface area contributed by atoms with E-state index >= 15 is 0 Å². The fourth-order valence-electron chi connectivity index (χ4n) is 2.94.